The van der Waals surface area contributed by atoms with Gasteiger partial charge in [0.15, 0.2) is 0 Å². The Morgan fingerprint density at radius 2 is 0.933 bits per heavy atom. The van der Waals surface area contributed by atoms with Crippen molar-refractivity contribution in [2.24, 2.45) is 0 Å². The van der Waals surface area contributed by atoms with Crippen LogP contribution in [0, 0.1) is 0 Å². The molecule has 4 heteroatoms. The quantitative estimate of drug-likeness (QED) is 0.446. The van der Waals surface area contributed by atoms with Gasteiger partial charge in [0.2, 0.25) is 0 Å². The van der Waals surface area contributed by atoms with E-state index in [0.717, 1.165) is 22.3 Å². The molecule has 0 heterocycles. The second-order valence-electron chi connectivity index (χ2n) is 7.11. The van der Waals surface area contributed by atoms with Crippen molar-refractivity contribution in [3.63, 3.8) is 0 Å². The van der Waals surface area contributed by atoms with Gasteiger partial charge < -0.3 is 9.47 Å². The third-order valence-electron chi connectivity index (χ3n) is 4.71. The van der Waals surface area contributed by atoms with Crippen LogP contribution in [0.4, 0.5) is 0 Å². The molecule has 0 unspecified atom stereocenters. The van der Waals surface area contributed by atoms with Crippen LogP contribution >= 0.6 is 0 Å². The van der Waals surface area contributed by atoms with Crippen LogP contribution in [0.3, 0.4) is 0 Å². The maximum atomic E-state index is 12.0. The van der Waals surface area contributed by atoms with Crippen molar-refractivity contribution < 1.29 is 19.1 Å². The average Bonchev–Trinajstić information content (AvgIpc) is 2.80. The van der Waals surface area contributed by atoms with Crippen LogP contribution in [0.5, 0.6) is 0 Å². The molecule has 0 aliphatic carbocycles. The van der Waals surface area contributed by atoms with E-state index in [1.54, 1.807) is 0 Å². The van der Waals surface area contributed by atoms with Gasteiger partial charge in [0.1, 0.15) is 13.2 Å². The van der Waals surface area contributed by atoms with Gasteiger partial charge in [-0.15, -0.1) is 0 Å². The Bertz CT molecular complexity index is 861. The number of ether oxygens (including phenoxy) is 2. The number of rotatable bonds is 10. The lowest BCUT2D eigenvalue weighted by Gasteiger charge is -2.07. The van der Waals surface area contributed by atoms with Gasteiger partial charge in [0, 0.05) is 12.8 Å². The highest BCUT2D eigenvalue weighted by molar-refractivity contribution is 5.70. The second kappa shape index (κ2) is 11.6. The first-order valence-corrected chi connectivity index (χ1v) is 10.2. The molecule has 0 saturated heterocycles. The Kier molecular flexibility index (Phi) is 8.22. The SMILES string of the molecule is O=C(CCc1cccc(CCC(=O)OCc2ccccc2)c1)OCc1ccccc1. The van der Waals surface area contributed by atoms with Gasteiger partial charge in [-0.05, 0) is 35.1 Å². The van der Waals surface area contributed by atoms with E-state index in [0.29, 0.717) is 38.9 Å². The Morgan fingerprint density at radius 3 is 1.37 bits per heavy atom. The molecule has 3 aromatic rings. The first-order valence-electron chi connectivity index (χ1n) is 10.2. The van der Waals surface area contributed by atoms with Gasteiger partial charge in [0.05, 0.1) is 0 Å². The predicted octanol–water partition coefficient (Wildman–Crippen LogP) is 5.04. The largest absolute Gasteiger partial charge is 0.461 e. The van der Waals surface area contributed by atoms with Crippen LogP contribution in [-0.4, -0.2) is 11.9 Å². The van der Waals surface area contributed by atoms with Gasteiger partial charge in [-0.3, -0.25) is 9.59 Å². The van der Waals surface area contributed by atoms with Crippen LogP contribution < -0.4 is 0 Å². The number of esters is 2. The lowest BCUT2D eigenvalue weighted by atomic mass is 10.0. The van der Waals surface area contributed by atoms with Crippen molar-refractivity contribution in [2.45, 2.75) is 38.9 Å². The molecule has 0 amide bonds. The van der Waals surface area contributed by atoms with E-state index < -0.39 is 0 Å². The molecule has 0 spiro atoms. The van der Waals surface area contributed by atoms with Gasteiger partial charge >= 0.3 is 11.9 Å². The Balaban J connectivity index is 1.38. The minimum Gasteiger partial charge on any atom is -0.461 e. The molecule has 154 valence electrons. The van der Waals surface area contributed by atoms with E-state index in [4.69, 9.17) is 9.47 Å². The minimum atomic E-state index is -0.214. The summed E-state index contributed by atoms with van der Waals surface area (Å²) in [5, 5.41) is 0. The van der Waals surface area contributed by atoms with Crippen molar-refractivity contribution in [1.82, 2.24) is 0 Å². The molecule has 4 nitrogen and oxygen atoms in total. The minimum absolute atomic E-state index is 0.214. The van der Waals surface area contributed by atoms with Gasteiger partial charge in [-0.25, -0.2) is 0 Å². The van der Waals surface area contributed by atoms with Crippen LogP contribution in [0.2, 0.25) is 0 Å². The summed E-state index contributed by atoms with van der Waals surface area (Å²) in [5.41, 5.74) is 4.07. The highest BCUT2D eigenvalue weighted by Gasteiger charge is 2.07. The molecule has 0 radical (unpaired) electrons. The topological polar surface area (TPSA) is 52.6 Å². The summed E-state index contributed by atoms with van der Waals surface area (Å²) < 4.78 is 10.6. The molecule has 3 aromatic carbocycles. The van der Waals surface area contributed by atoms with Crippen molar-refractivity contribution in [3.8, 4) is 0 Å². The van der Waals surface area contributed by atoms with Crippen LogP contribution in [-0.2, 0) is 45.1 Å². The summed E-state index contributed by atoms with van der Waals surface area (Å²) in [6, 6.07) is 27.2. The second-order valence-corrected chi connectivity index (χ2v) is 7.11. The number of aryl methyl sites for hydroxylation is 2. The first-order chi connectivity index (χ1) is 14.7. The number of carbonyl (C=O) groups is 2. The fraction of sp³-hybridized carbons (Fsp3) is 0.231. The first kappa shape index (κ1) is 21.3. The zero-order chi connectivity index (χ0) is 21.0. The highest BCUT2D eigenvalue weighted by Crippen LogP contribution is 2.12. The Morgan fingerprint density at radius 1 is 0.533 bits per heavy atom. The van der Waals surface area contributed by atoms with Crippen LogP contribution in [0.1, 0.15) is 35.1 Å². The molecule has 30 heavy (non-hydrogen) atoms. The van der Waals surface area contributed by atoms with E-state index in [9.17, 15) is 9.59 Å². The summed E-state index contributed by atoms with van der Waals surface area (Å²) in [4.78, 5) is 24.0. The van der Waals surface area contributed by atoms with E-state index in [2.05, 4.69) is 0 Å². The molecule has 0 aromatic heterocycles. The Labute approximate surface area is 177 Å². The monoisotopic (exact) mass is 402 g/mol. The summed E-state index contributed by atoms with van der Waals surface area (Å²) in [6.07, 6.45) is 1.88. The maximum Gasteiger partial charge on any atom is 0.306 e. The van der Waals surface area contributed by atoms with Gasteiger partial charge in [-0.1, -0.05) is 84.9 Å². The number of carbonyl (C=O) groups excluding carboxylic acids is 2. The summed E-state index contributed by atoms with van der Waals surface area (Å²) in [6.45, 7) is 0.593. The fourth-order valence-electron chi connectivity index (χ4n) is 3.05. The van der Waals surface area contributed by atoms with E-state index in [1.165, 1.54) is 0 Å². The van der Waals surface area contributed by atoms with Crippen molar-refractivity contribution in [3.05, 3.63) is 107 Å². The van der Waals surface area contributed by atoms with Gasteiger partial charge in [0.25, 0.3) is 0 Å². The number of benzene rings is 3. The molecule has 0 saturated carbocycles. The zero-order valence-electron chi connectivity index (χ0n) is 17.0. The molecular weight excluding hydrogens is 376 g/mol. The smallest absolute Gasteiger partial charge is 0.306 e. The molecule has 0 bridgehead atoms. The van der Waals surface area contributed by atoms with Gasteiger partial charge in [-0.2, -0.15) is 0 Å². The molecule has 3 rings (SSSR count). The number of hydrogen-bond acceptors (Lipinski definition) is 4. The zero-order valence-corrected chi connectivity index (χ0v) is 17.0. The third-order valence-corrected chi connectivity index (χ3v) is 4.71. The summed E-state index contributed by atoms with van der Waals surface area (Å²) in [5.74, 6) is -0.428. The van der Waals surface area contributed by atoms with E-state index in [1.807, 2.05) is 84.9 Å². The molecule has 0 N–H and O–H groups in total. The Hall–Kier alpha value is -3.40. The summed E-state index contributed by atoms with van der Waals surface area (Å²) in [7, 11) is 0. The molecule has 0 fully saturated rings. The van der Waals surface area contributed by atoms with E-state index in [-0.39, 0.29) is 11.9 Å². The molecule has 0 aliphatic rings. The lowest BCUT2D eigenvalue weighted by molar-refractivity contribution is -0.145. The van der Waals surface area contributed by atoms with Crippen LogP contribution in [0.25, 0.3) is 0 Å². The molecular formula is C26H26O4. The normalized spacial score (nSPS) is 10.4. The molecule has 0 atom stereocenters. The van der Waals surface area contributed by atoms with Crippen molar-refractivity contribution >= 4 is 11.9 Å². The van der Waals surface area contributed by atoms with Crippen molar-refractivity contribution in [1.29, 1.82) is 0 Å². The average molecular weight is 402 g/mol. The third kappa shape index (κ3) is 7.55. The standard InChI is InChI=1S/C26H26O4/c27-25(29-19-23-8-3-1-4-9-23)16-14-21-12-7-13-22(18-21)15-17-26(28)30-20-24-10-5-2-6-11-24/h1-13,18H,14-17,19-20H2. The molecule has 0 aliphatic heterocycles. The van der Waals surface area contributed by atoms with Crippen LogP contribution in [0.15, 0.2) is 84.9 Å². The van der Waals surface area contributed by atoms with E-state index >= 15 is 0 Å². The van der Waals surface area contributed by atoms with Crippen molar-refractivity contribution in [2.75, 3.05) is 0 Å². The predicted molar refractivity (Wildman–Crippen MR) is 116 cm³/mol. The highest BCUT2D eigenvalue weighted by atomic mass is 16.5. The number of hydrogen-bond donors (Lipinski definition) is 0. The lowest BCUT2D eigenvalue weighted by Crippen LogP contribution is -2.07. The fourth-order valence-corrected chi connectivity index (χ4v) is 3.05. The maximum absolute atomic E-state index is 12.0. The summed E-state index contributed by atoms with van der Waals surface area (Å²) >= 11 is 0.